The number of piperazine rings is 2. The van der Waals surface area contributed by atoms with Gasteiger partial charge >= 0.3 is 0 Å². The van der Waals surface area contributed by atoms with E-state index in [1.165, 1.54) is 24.5 Å². The number of hydrogen-bond donors (Lipinski definition) is 3. The average molecular weight is 713 g/mol. The molecule has 1 aliphatic carbocycles. The molecule has 4 aliphatic rings. The zero-order valence-electron chi connectivity index (χ0n) is 28.5. The highest BCUT2D eigenvalue weighted by Gasteiger charge is 2.30. The van der Waals surface area contributed by atoms with E-state index in [1.54, 1.807) is 12.1 Å². The molecule has 1 saturated carbocycles. The third-order valence-corrected chi connectivity index (χ3v) is 11.0. The fraction of sp³-hybridized carbons (Fsp3) is 0.421. The molecule has 0 bridgehead atoms. The zero-order chi connectivity index (χ0) is 35.1. The van der Waals surface area contributed by atoms with Crippen molar-refractivity contribution in [2.45, 2.75) is 44.1 Å². The number of aromatic nitrogens is 2. The van der Waals surface area contributed by atoms with Gasteiger partial charge in [-0.1, -0.05) is 23.7 Å². The van der Waals surface area contributed by atoms with Crippen LogP contribution in [-0.4, -0.2) is 102 Å². The van der Waals surface area contributed by atoms with Crippen LogP contribution in [0, 0.1) is 5.82 Å². The molecule has 3 saturated heterocycles. The summed E-state index contributed by atoms with van der Waals surface area (Å²) >= 11 is 6.98. The summed E-state index contributed by atoms with van der Waals surface area (Å²) in [5.41, 5.74) is 5.83. The second-order valence-electron chi connectivity index (χ2n) is 14.1. The van der Waals surface area contributed by atoms with Gasteiger partial charge in [0.25, 0.3) is 0 Å². The van der Waals surface area contributed by atoms with Crippen LogP contribution < -0.4 is 20.4 Å². The number of carbonyl (C=O) groups is 3. The Balaban J connectivity index is 0.800. The highest BCUT2D eigenvalue weighted by molar-refractivity contribution is 6.38. The lowest BCUT2D eigenvalue weighted by Crippen LogP contribution is -2.51. The van der Waals surface area contributed by atoms with Gasteiger partial charge in [-0.15, -0.1) is 0 Å². The molecule has 13 heteroatoms. The van der Waals surface area contributed by atoms with Crippen LogP contribution in [0.4, 0.5) is 21.5 Å². The largest absolute Gasteiger partial charge is 0.374 e. The van der Waals surface area contributed by atoms with Crippen LogP contribution in [0.1, 0.15) is 43.6 Å². The van der Waals surface area contributed by atoms with Gasteiger partial charge in [-0.2, -0.15) is 0 Å². The molecule has 0 spiro atoms. The van der Waals surface area contributed by atoms with Crippen LogP contribution in [0.3, 0.4) is 0 Å². The predicted molar refractivity (Wildman–Crippen MR) is 197 cm³/mol. The predicted octanol–water partition coefficient (Wildman–Crippen LogP) is 4.98. The summed E-state index contributed by atoms with van der Waals surface area (Å²) in [6.07, 6.45) is 7.83. The molecule has 51 heavy (non-hydrogen) atoms. The van der Waals surface area contributed by atoms with E-state index in [2.05, 4.69) is 35.3 Å². The van der Waals surface area contributed by atoms with E-state index >= 15 is 4.39 Å². The molecule has 1 atom stereocenters. The van der Waals surface area contributed by atoms with E-state index in [-0.39, 0.29) is 30.0 Å². The first kappa shape index (κ1) is 33.6. The Morgan fingerprint density at radius 3 is 2.51 bits per heavy atom. The maximum absolute atomic E-state index is 15.1. The summed E-state index contributed by atoms with van der Waals surface area (Å²) in [4.78, 5) is 53.3. The number of H-pyrrole nitrogens is 1. The fourth-order valence-electron chi connectivity index (χ4n) is 7.64. The second-order valence-corrected chi connectivity index (χ2v) is 14.5. The zero-order valence-corrected chi connectivity index (χ0v) is 29.2. The number of amides is 3. The molecule has 5 heterocycles. The lowest BCUT2D eigenvalue weighted by atomic mass is 10.0. The number of piperidine rings is 1. The van der Waals surface area contributed by atoms with E-state index in [0.29, 0.717) is 41.8 Å². The quantitative estimate of drug-likeness (QED) is 0.197. The minimum atomic E-state index is -0.550. The molecule has 2 aromatic carbocycles. The number of fused-ring (bicyclic) bond motifs is 1. The molecule has 3 aliphatic heterocycles. The van der Waals surface area contributed by atoms with Gasteiger partial charge in [0.2, 0.25) is 17.7 Å². The van der Waals surface area contributed by atoms with Crippen molar-refractivity contribution in [1.29, 1.82) is 0 Å². The second kappa shape index (κ2) is 14.2. The summed E-state index contributed by atoms with van der Waals surface area (Å²) in [5.74, 6) is -0.348. The summed E-state index contributed by atoms with van der Waals surface area (Å²) in [6.45, 7) is 6.68. The van der Waals surface area contributed by atoms with Crippen molar-refractivity contribution in [3.63, 3.8) is 0 Å². The Morgan fingerprint density at radius 2 is 1.75 bits per heavy atom. The molecule has 3 amide bonds. The number of pyridine rings is 1. The molecule has 0 radical (unpaired) electrons. The fourth-order valence-corrected chi connectivity index (χ4v) is 8.00. The molecule has 266 valence electrons. The topological polar surface area (TPSA) is 117 Å². The van der Waals surface area contributed by atoms with Gasteiger partial charge < -0.3 is 20.1 Å². The molecule has 2 aromatic heterocycles. The van der Waals surface area contributed by atoms with Crippen molar-refractivity contribution < 1.29 is 18.8 Å². The molecular weight excluding hydrogens is 671 g/mol. The van der Waals surface area contributed by atoms with Crippen LogP contribution in [0.15, 0.2) is 54.9 Å². The Morgan fingerprint density at radius 1 is 0.941 bits per heavy atom. The van der Waals surface area contributed by atoms with Gasteiger partial charge in [0.15, 0.2) is 0 Å². The lowest BCUT2D eigenvalue weighted by molar-refractivity contribution is -0.133. The number of halogens is 2. The van der Waals surface area contributed by atoms with Crippen molar-refractivity contribution in [2.75, 3.05) is 74.0 Å². The number of carbonyl (C=O) groups excluding carboxylic acids is 3. The van der Waals surface area contributed by atoms with Crippen molar-refractivity contribution in [3.8, 4) is 11.1 Å². The van der Waals surface area contributed by atoms with Gasteiger partial charge in [0.1, 0.15) is 17.5 Å². The smallest absolute Gasteiger partial charge is 0.249 e. The van der Waals surface area contributed by atoms with E-state index in [4.69, 9.17) is 11.6 Å². The van der Waals surface area contributed by atoms with Crippen LogP contribution in [-0.2, 0) is 14.4 Å². The van der Waals surface area contributed by atoms with Gasteiger partial charge in [0.05, 0.1) is 17.3 Å². The van der Waals surface area contributed by atoms with Gasteiger partial charge in [-0.05, 0) is 86.1 Å². The van der Waals surface area contributed by atoms with Gasteiger partial charge in [-0.3, -0.25) is 29.5 Å². The number of imide groups is 1. The number of nitrogens with one attached hydrogen (secondary N) is 3. The average Bonchev–Trinajstić information content (AvgIpc) is 3.88. The molecule has 4 fully saturated rings. The van der Waals surface area contributed by atoms with Gasteiger partial charge in [-0.25, -0.2) is 9.37 Å². The minimum Gasteiger partial charge on any atom is -0.374 e. The van der Waals surface area contributed by atoms with Gasteiger partial charge in [0, 0.05) is 80.4 Å². The molecule has 11 nitrogen and oxygen atoms in total. The Bertz CT molecular complexity index is 1970. The van der Waals surface area contributed by atoms with Crippen molar-refractivity contribution in [1.82, 2.24) is 25.1 Å². The highest BCUT2D eigenvalue weighted by Crippen LogP contribution is 2.46. The van der Waals surface area contributed by atoms with Crippen LogP contribution in [0.2, 0.25) is 5.02 Å². The van der Waals surface area contributed by atoms with E-state index in [9.17, 15) is 14.4 Å². The maximum atomic E-state index is 15.1. The lowest BCUT2D eigenvalue weighted by Gasteiger charge is -2.37. The molecule has 8 rings (SSSR count). The summed E-state index contributed by atoms with van der Waals surface area (Å²) in [5, 5.41) is 7.08. The Hall–Kier alpha value is -4.52. The molecule has 3 N–H and O–H groups in total. The first-order valence-electron chi connectivity index (χ1n) is 18.0. The van der Waals surface area contributed by atoms with Crippen molar-refractivity contribution >= 4 is 57.4 Å². The van der Waals surface area contributed by atoms with E-state index in [0.717, 1.165) is 80.1 Å². The number of hydrogen-bond acceptors (Lipinski definition) is 8. The van der Waals surface area contributed by atoms with Crippen LogP contribution >= 0.6 is 11.6 Å². The maximum Gasteiger partial charge on any atom is 0.249 e. The first-order chi connectivity index (χ1) is 24.8. The third kappa shape index (κ3) is 7.17. The molecular formula is C38H42ClFN8O3. The minimum absolute atomic E-state index is 0.0914. The number of nitrogens with zero attached hydrogens (tertiary/aromatic N) is 5. The monoisotopic (exact) mass is 712 g/mol. The number of anilines is 3. The molecule has 4 aromatic rings. The molecule has 1 unspecified atom stereocenters. The SMILES string of the molecule is O=C1CCC(Nc2ccc(N3CCN(CCCN4CCN(c5cccc(-c6cnc7[nH]cc(C8CC8)c7c6Cl)c5)C(=O)C4)CC3)c(F)c2)C(=O)N1. The Kier molecular flexibility index (Phi) is 9.39. The summed E-state index contributed by atoms with van der Waals surface area (Å²) < 4.78 is 15.1. The summed E-state index contributed by atoms with van der Waals surface area (Å²) in [6, 6.07) is 12.5. The van der Waals surface area contributed by atoms with Crippen molar-refractivity contribution in [3.05, 3.63) is 71.3 Å². The standard InChI is InChI=1S/C38H42ClFN8O3/c39-36-29(22-42-37-35(36)28(21-41-37)24-5-6-24)25-3-1-4-27(19-25)48-18-15-46(23-34(48)50)12-2-11-45-13-16-47(17-14-45)32-9-7-26(20-30(32)40)43-31-8-10-33(49)44-38(31)51/h1,3-4,7,9,19-22,24,31,43H,2,5-6,8,10-18,23H2,(H,41,42)(H,44,49,51). The third-order valence-electron chi connectivity index (χ3n) is 10.6. The Labute approximate surface area is 301 Å². The number of benzene rings is 2. The summed E-state index contributed by atoms with van der Waals surface area (Å²) in [7, 11) is 0. The number of aromatic amines is 1. The number of rotatable bonds is 10. The normalized spacial score (nSPS) is 20.7. The van der Waals surface area contributed by atoms with E-state index < -0.39 is 6.04 Å². The van der Waals surface area contributed by atoms with E-state index in [1.807, 2.05) is 41.6 Å². The van der Waals surface area contributed by atoms with Crippen LogP contribution in [0.25, 0.3) is 22.2 Å². The van der Waals surface area contributed by atoms with Crippen molar-refractivity contribution in [2.24, 2.45) is 0 Å². The van der Waals surface area contributed by atoms with Crippen LogP contribution in [0.5, 0.6) is 0 Å². The highest BCUT2D eigenvalue weighted by atomic mass is 35.5. The first-order valence-corrected chi connectivity index (χ1v) is 18.3.